The molecule has 1 amide bonds. The summed E-state index contributed by atoms with van der Waals surface area (Å²) in [5, 5.41) is 1.87. The van der Waals surface area contributed by atoms with Crippen molar-refractivity contribution in [1.29, 1.82) is 0 Å². The number of ether oxygens (including phenoxy) is 1. The minimum atomic E-state index is 0.0809. The van der Waals surface area contributed by atoms with Crippen LogP contribution in [0.1, 0.15) is 5.82 Å². The van der Waals surface area contributed by atoms with Crippen molar-refractivity contribution in [3.63, 3.8) is 0 Å². The topological polar surface area (TPSA) is 58.6 Å². The van der Waals surface area contributed by atoms with Gasteiger partial charge in [0, 0.05) is 32.6 Å². The summed E-state index contributed by atoms with van der Waals surface area (Å²) in [6, 6.07) is 7.96. The van der Waals surface area contributed by atoms with Crippen molar-refractivity contribution in [2.75, 3.05) is 46.2 Å². The number of thioether (sulfide) groups is 1. The number of morpholine rings is 1. The molecule has 2 heterocycles. The van der Waals surface area contributed by atoms with E-state index in [1.165, 1.54) is 11.8 Å². The van der Waals surface area contributed by atoms with Gasteiger partial charge in [-0.05, 0) is 6.07 Å². The predicted molar refractivity (Wildman–Crippen MR) is 95.1 cm³/mol. The molecule has 0 N–H and O–H groups in total. The van der Waals surface area contributed by atoms with Crippen molar-refractivity contribution < 1.29 is 9.53 Å². The van der Waals surface area contributed by atoms with Crippen molar-refractivity contribution >= 4 is 28.6 Å². The summed E-state index contributed by atoms with van der Waals surface area (Å²) in [5.74, 6) is 1.26. The average molecular weight is 346 g/mol. The van der Waals surface area contributed by atoms with Crippen LogP contribution in [-0.2, 0) is 16.1 Å². The Labute approximate surface area is 146 Å². The number of aromatic nitrogens is 2. The lowest BCUT2D eigenvalue weighted by Crippen LogP contribution is -2.36. The Balaban J connectivity index is 1.83. The van der Waals surface area contributed by atoms with E-state index < -0.39 is 0 Å². The predicted octanol–water partition coefficient (Wildman–Crippen LogP) is 1.64. The van der Waals surface area contributed by atoms with Gasteiger partial charge in [-0.1, -0.05) is 30.0 Å². The maximum Gasteiger partial charge on any atom is 0.232 e. The molecule has 1 aliphatic heterocycles. The lowest BCUT2D eigenvalue weighted by Gasteiger charge is -2.25. The first-order valence-corrected chi connectivity index (χ1v) is 9.01. The first-order valence-electron chi connectivity index (χ1n) is 8.02. The zero-order chi connectivity index (χ0) is 16.9. The molecule has 128 valence electrons. The van der Waals surface area contributed by atoms with Gasteiger partial charge in [-0.2, -0.15) is 0 Å². The fourth-order valence-electron chi connectivity index (χ4n) is 2.49. The normalized spacial score (nSPS) is 15.6. The highest BCUT2D eigenvalue weighted by Gasteiger charge is 2.15. The molecule has 0 radical (unpaired) electrons. The molecule has 0 atom stereocenters. The van der Waals surface area contributed by atoms with E-state index >= 15 is 0 Å². The average Bonchev–Trinajstić information content (AvgIpc) is 2.60. The number of carbonyl (C=O) groups is 1. The second-order valence-electron chi connectivity index (χ2n) is 5.93. The number of rotatable bonds is 5. The summed E-state index contributed by atoms with van der Waals surface area (Å²) in [5.41, 5.74) is 0.926. The van der Waals surface area contributed by atoms with Crippen LogP contribution in [0, 0.1) is 0 Å². The van der Waals surface area contributed by atoms with Crippen molar-refractivity contribution in [3.8, 4) is 0 Å². The Morgan fingerprint density at radius 3 is 2.75 bits per heavy atom. The monoisotopic (exact) mass is 346 g/mol. The first kappa shape index (κ1) is 17.1. The fraction of sp³-hybridized carbons (Fsp3) is 0.471. The van der Waals surface area contributed by atoms with E-state index in [1.54, 1.807) is 19.0 Å². The molecule has 0 unspecified atom stereocenters. The van der Waals surface area contributed by atoms with E-state index in [4.69, 9.17) is 9.72 Å². The Morgan fingerprint density at radius 2 is 2.00 bits per heavy atom. The van der Waals surface area contributed by atoms with E-state index in [-0.39, 0.29) is 5.91 Å². The molecule has 1 fully saturated rings. The molecule has 1 aliphatic rings. The van der Waals surface area contributed by atoms with Gasteiger partial charge in [0.2, 0.25) is 5.91 Å². The lowest BCUT2D eigenvalue weighted by molar-refractivity contribution is -0.125. The molecule has 24 heavy (non-hydrogen) atoms. The zero-order valence-corrected chi connectivity index (χ0v) is 14.9. The maximum atomic E-state index is 11.9. The van der Waals surface area contributed by atoms with Crippen LogP contribution in [-0.4, -0.2) is 71.8 Å². The summed E-state index contributed by atoms with van der Waals surface area (Å²) < 4.78 is 5.39. The van der Waals surface area contributed by atoms with Crippen LogP contribution in [0.4, 0.5) is 0 Å². The molecule has 0 aliphatic carbocycles. The number of benzene rings is 1. The van der Waals surface area contributed by atoms with Crippen LogP contribution >= 0.6 is 11.8 Å². The largest absolute Gasteiger partial charge is 0.379 e. The molecule has 0 spiro atoms. The van der Waals surface area contributed by atoms with Gasteiger partial charge < -0.3 is 9.64 Å². The number of nitrogens with zero attached hydrogens (tertiary/aromatic N) is 4. The molecule has 1 aromatic heterocycles. The summed E-state index contributed by atoms with van der Waals surface area (Å²) in [6.07, 6.45) is 0. The number of hydrogen-bond acceptors (Lipinski definition) is 6. The summed E-state index contributed by atoms with van der Waals surface area (Å²) >= 11 is 1.48. The van der Waals surface area contributed by atoms with Crippen molar-refractivity contribution in [3.05, 3.63) is 30.1 Å². The van der Waals surface area contributed by atoms with Gasteiger partial charge in [-0.25, -0.2) is 9.97 Å². The first-order chi connectivity index (χ1) is 11.6. The molecular formula is C17H22N4O2S. The highest BCUT2D eigenvalue weighted by atomic mass is 32.2. The molecule has 1 saturated heterocycles. The molecular weight excluding hydrogens is 324 g/mol. The molecule has 0 saturated carbocycles. The molecule has 6 nitrogen and oxygen atoms in total. The second kappa shape index (κ2) is 7.92. The third kappa shape index (κ3) is 4.23. The van der Waals surface area contributed by atoms with Crippen LogP contribution in [0.5, 0.6) is 0 Å². The summed E-state index contributed by atoms with van der Waals surface area (Å²) in [7, 11) is 3.54. The van der Waals surface area contributed by atoms with Gasteiger partial charge in [0.25, 0.3) is 0 Å². The molecule has 3 rings (SSSR count). The highest BCUT2D eigenvalue weighted by molar-refractivity contribution is 8.00. The Kier molecular flexibility index (Phi) is 5.65. The van der Waals surface area contributed by atoms with E-state index in [9.17, 15) is 4.79 Å². The fourth-order valence-corrected chi connectivity index (χ4v) is 3.51. The van der Waals surface area contributed by atoms with E-state index in [0.29, 0.717) is 12.3 Å². The third-order valence-electron chi connectivity index (χ3n) is 3.91. The Bertz CT molecular complexity index is 717. The second-order valence-corrected chi connectivity index (χ2v) is 6.89. The van der Waals surface area contributed by atoms with Gasteiger partial charge in [0.1, 0.15) is 10.9 Å². The van der Waals surface area contributed by atoms with Crippen LogP contribution in [0.2, 0.25) is 0 Å². The highest BCUT2D eigenvalue weighted by Crippen LogP contribution is 2.25. The van der Waals surface area contributed by atoms with Crippen LogP contribution in [0.3, 0.4) is 0 Å². The van der Waals surface area contributed by atoms with Gasteiger partial charge >= 0.3 is 0 Å². The van der Waals surface area contributed by atoms with Gasteiger partial charge in [0.05, 0.1) is 31.0 Å². The molecule has 2 aromatic rings. The number of carbonyl (C=O) groups excluding carboxylic acids is 1. The molecule has 7 heteroatoms. The van der Waals surface area contributed by atoms with Crippen LogP contribution in [0.25, 0.3) is 10.9 Å². The van der Waals surface area contributed by atoms with Gasteiger partial charge in [-0.15, -0.1) is 0 Å². The summed E-state index contributed by atoms with van der Waals surface area (Å²) in [4.78, 5) is 25.2. The minimum Gasteiger partial charge on any atom is -0.379 e. The smallest absolute Gasteiger partial charge is 0.232 e. The minimum absolute atomic E-state index is 0.0809. The SMILES string of the molecule is CN(C)C(=O)CSc1nc(CN2CCOCC2)nc2ccccc12. The van der Waals surface area contributed by atoms with Crippen LogP contribution in [0.15, 0.2) is 29.3 Å². The number of para-hydroxylation sites is 1. The number of hydrogen-bond donors (Lipinski definition) is 0. The van der Waals surface area contributed by atoms with Gasteiger partial charge in [-0.3, -0.25) is 9.69 Å². The van der Waals surface area contributed by atoms with Crippen molar-refractivity contribution in [2.45, 2.75) is 11.6 Å². The Morgan fingerprint density at radius 1 is 1.25 bits per heavy atom. The quantitative estimate of drug-likeness (QED) is 0.606. The van der Waals surface area contributed by atoms with Crippen molar-refractivity contribution in [2.24, 2.45) is 0 Å². The van der Waals surface area contributed by atoms with Crippen molar-refractivity contribution in [1.82, 2.24) is 19.8 Å². The molecule has 1 aromatic carbocycles. The maximum absolute atomic E-state index is 11.9. The lowest BCUT2D eigenvalue weighted by atomic mass is 10.2. The Hall–Kier alpha value is -1.70. The molecule has 0 bridgehead atoms. The standard InChI is InChI=1S/C17H22N4O2S/c1-20(2)16(22)12-24-17-13-5-3-4-6-14(13)18-15(19-17)11-21-7-9-23-10-8-21/h3-6H,7-12H2,1-2H3. The van der Waals surface area contributed by atoms with E-state index in [2.05, 4.69) is 9.88 Å². The van der Waals surface area contributed by atoms with Crippen LogP contribution < -0.4 is 0 Å². The third-order valence-corrected chi connectivity index (χ3v) is 4.89. The van der Waals surface area contributed by atoms with E-state index in [0.717, 1.165) is 48.1 Å². The zero-order valence-electron chi connectivity index (χ0n) is 14.1. The summed E-state index contributed by atoms with van der Waals surface area (Å²) in [6.45, 7) is 4.03. The van der Waals surface area contributed by atoms with Gasteiger partial charge in [0.15, 0.2) is 0 Å². The van der Waals surface area contributed by atoms with E-state index in [1.807, 2.05) is 24.3 Å². The number of amides is 1. The number of fused-ring (bicyclic) bond motifs is 1.